The molecular weight excluding hydrogens is 280 g/mol. The zero-order valence-corrected chi connectivity index (χ0v) is 12.4. The molecule has 0 radical (unpaired) electrons. The van der Waals surface area contributed by atoms with Crippen LogP contribution in [0.4, 0.5) is 4.79 Å². The Hall–Kier alpha value is -1.63. The van der Waals surface area contributed by atoms with Gasteiger partial charge in [-0.25, -0.2) is 14.6 Å². The molecule has 1 N–H and O–H groups in total. The monoisotopic (exact) mass is 298 g/mol. The lowest BCUT2D eigenvalue weighted by atomic mass is 9.81. The van der Waals surface area contributed by atoms with Crippen molar-refractivity contribution in [2.45, 2.75) is 32.1 Å². The molecule has 1 aliphatic rings. The Morgan fingerprint density at radius 3 is 2.70 bits per heavy atom. The number of piperidine rings is 1. The first-order valence-electron chi connectivity index (χ1n) is 6.57. The van der Waals surface area contributed by atoms with Crippen LogP contribution < -0.4 is 0 Å². The highest BCUT2D eigenvalue weighted by Gasteiger charge is 2.36. The Morgan fingerprint density at radius 2 is 2.15 bits per heavy atom. The number of thiazole rings is 1. The average Bonchev–Trinajstić information content (AvgIpc) is 2.90. The van der Waals surface area contributed by atoms with Gasteiger partial charge in [-0.05, 0) is 19.8 Å². The lowest BCUT2D eigenvalue weighted by Gasteiger charge is -2.36. The third kappa shape index (κ3) is 2.92. The molecule has 1 aromatic heterocycles. The summed E-state index contributed by atoms with van der Waals surface area (Å²) < 4.78 is 4.93. The maximum absolute atomic E-state index is 11.6. The van der Waals surface area contributed by atoms with Crippen LogP contribution in [0, 0.1) is 0 Å². The Kier molecular flexibility index (Phi) is 4.27. The number of aromatic nitrogens is 1. The lowest BCUT2D eigenvalue weighted by Crippen LogP contribution is -2.43. The summed E-state index contributed by atoms with van der Waals surface area (Å²) in [6.07, 6.45) is 0.558. The molecule has 0 aromatic carbocycles. The third-order valence-electron chi connectivity index (χ3n) is 3.64. The number of carboxylic acid groups (broad SMARTS) is 1. The van der Waals surface area contributed by atoms with Crippen molar-refractivity contribution in [2.24, 2.45) is 0 Å². The molecule has 0 atom stereocenters. The van der Waals surface area contributed by atoms with Crippen LogP contribution in [0.2, 0.25) is 0 Å². The smallest absolute Gasteiger partial charge is 0.407 e. The normalized spacial score (nSPS) is 17.8. The maximum atomic E-state index is 11.6. The molecule has 110 valence electrons. The lowest BCUT2D eigenvalue weighted by molar-refractivity contribution is 0.0520. The zero-order chi connectivity index (χ0) is 14.8. The molecule has 6 nitrogen and oxygen atoms in total. The van der Waals surface area contributed by atoms with Gasteiger partial charge in [-0.2, -0.15) is 0 Å². The number of hydrogen-bond donors (Lipinski definition) is 1. The molecule has 1 fully saturated rings. The van der Waals surface area contributed by atoms with Crippen LogP contribution in [-0.4, -0.2) is 46.7 Å². The second-order valence-electron chi connectivity index (χ2n) is 5.09. The molecule has 0 unspecified atom stereocenters. The van der Waals surface area contributed by atoms with E-state index in [1.165, 1.54) is 16.2 Å². The van der Waals surface area contributed by atoms with Crippen molar-refractivity contribution in [1.82, 2.24) is 9.88 Å². The number of ether oxygens (including phenoxy) is 1. The van der Waals surface area contributed by atoms with Crippen LogP contribution >= 0.6 is 11.3 Å². The van der Waals surface area contributed by atoms with Crippen LogP contribution in [-0.2, 0) is 10.2 Å². The number of likely N-dealkylation sites (tertiary alicyclic amines) is 1. The molecule has 0 spiro atoms. The minimum absolute atomic E-state index is 0.165. The summed E-state index contributed by atoms with van der Waals surface area (Å²) in [5, 5.41) is 11.6. The summed E-state index contributed by atoms with van der Waals surface area (Å²) in [6, 6.07) is 0. The SMILES string of the molecule is CCOC(=O)c1csc(C2(C)CCN(C(=O)O)CC2)n1. The van der Waals surface area contributed by atoms with Gasteiger partial charge < -0.3 is 14.7 Å². The van der Waals surface area contributed by atoms with Gasteiger partial charge in [0.15, 0.2) is 5.69 Å². The topological polar surface area (TPSA) is 79.7 Å². The fraction of sp³-hybridized carbons (Fsp3) is 0.615. The van der Waals surface area contributed by atoms with E-state index in [4.69, 9.17) is 9.84 Å². The number of nitrogens with zero attached hydrogens (tertiary/aromatic N) is 2. The third-order valence-corrected chi connectivity index (χ3v) is 4.79. The molecule has 1 saturated heterocycles. The number of hydrogen-bond acceptors (Lipinski definition) is 5. The zero-order valence-electron chi connectivity index (χ0n) is 11.6. The van der Waals surface area contributed by atoms with Gasteiger partial charge in [0.2, 0.25) is 0 Å². The van der Waals surface area contributed by atoms with Crippen molar-refractivity contribution in [1.29, 1.82) is 0 Å². The summed E-state index contributed by atoms with van der Waals surface area (Å²) >= 11 is 1.44. The van der Waals surface area contributed by atoms with Gasteiger partial charge in [0.1, 0.15) is 0 Å². The fourth-order valence-electron chi connectivity index (χ4n) is 2.26. The molecule has 1 amide bonds. The van der Waals surface area contributed by atoms with E-state index in [-0.39, 0.29) is 5.41 Å². The molecule has 20 heavy (non-hydrogen) atoms. The van der Waals surface area contributed by atoms with Gasteiger partial charge in [0.25, 0.3) is 0 Å². The van der Waals surface area contributed by atoms with E-state index in [1.54, 1.807) is 12.3 Å². The Labute approximate surface area is 121 Å². The maximum Gasteiger partial charge on any atom is 0.407 e. The number of amides is 1. The molecular formula is C13H18N2O4S. The van der Waals surface area contributed by atoms with E-state index in [0.29, 0.717) is 25.4 Å². The highest BCUT2D eigenvalue weighted by Crippen LogP contribution is 2.36. The predicted octanol–water partition coefficient (Wildman–Crippen LogP) is 2.35. The van der Waals surface area contributed by atoms with Gasteiger partial charge >= 0.3 is 12.1 Å². The van der Waals surface area contributed by atoms with E-state index in [2.05, 4.69) is 11.9 Å². The fourth-order valence-corrected chi connectivity index (χ4v) is 3.27. The van der Waals surface area contributed by atoms with Crippen molar-refractivity contribution < 1.29 is 19.4 Å². The summed E-state index contributed by atoms with van der Waals surface area (Å²) in [4.78, 5) is 28.3. The van der Waals surface area contributed by atoms with E-state index < -0.39 is 12.1 Å². The van der Waals surface area contributed by atoms with E-state index in [9.17, 15) is 9.59 Å². The summed E-state index contributed by atoms with van der Waals surface area (Å²) in [6.45, 7) is 5.16. The number of rotatable bonds is 3. The van der Waals surface area contributed by atoms with Crippen LogP contribution in [0.5, 0.6) is 0 Å². The summed E-state index contributed by atoms with van der Waals surface area (Å²) in [5.41, 5.74) is 0.176. The van der Waals surface area contributed by atoms with Gasteiger partial charge in [0.05, 0.1) is 11.6 Å². The van der Waals surface area contributed by atoms with Crippen molar-refractivity contribution in [3.05, 3.63) is 16.1 Å². The predicted molar refractivity (Wildman–Crippen MR) is 74.3 cm³/mol. The van der Waals surface area contributed by atoms with E-state index in [1.807, 2.05) is 0 Å². The van der Waals surface area contributed by atoms with Gasteiger partial charge in [-0.3, -0.25) is 0 Å². The first kappa shape index (κ1) is 14.8. The number of esters is 1. The average molecular weight is 298 g/mol. The van der Waals surface area contributed by atoms with E-state index in [0.717, 1.165) is 17.8 Å². The first-order chi connectivity index (χ1) is 9.46. The van der Waals surface area contributed by atoms with Crippen LogP contribution in [0.1, 0.15) is 42.2 Å². The summed E-state index contributed by atoms with van der Waals surface area (Å²) in [7, 11) is 0. The van der Waals surface area contributed by atoms with Crippen molar-refractivity contribution in [3.63, 3.8) is 0 Å². The minimum atomic E-state index is -0.876. The molecule has 0 saturated carbocycles. The second kappa shape index (κ2) is 5.78. The summed E-state index contributed by atoms with van der Waals surface area (Å²) in [5.74, 6) is -0.401. The molecule has 7 heteroatoms. The largest absolute Gasteiger partial charge is 0.465 e. The Morgan fingerprint density at radius 1 is 1.50 bits per heavy atom. The highest BCUT2D eigenvalue weighted by atomic mass is 32.1. The van der Waals surface area contributed by atoms with Crippen molar-refractivity contribution >= 4 is 23.4 Å². The van der Waals surface area contributed by atoms with Gasteiger partial charge in [0, 0.05) is 23.9 Å². The van der Waals surface area contributed by atoms with E-state index >= 15 is 0 Å². The molecule has 1 aliphatic heterocycles. The van der Waals surface area contributed by atoms with Crippen LogP contribution in [0.25, 0.3) is 0 Å². The van der Waals surface area contributed by atoms with Crippen molar-refractivity contribution in [3.8, 4) is 0 Å². The first-order valence-corrected chi connectivity index (χ1v) is 7.45. The Balaban J connectivity index is 2.08. The minimum Gasteiger partial charge on any atom is -0.465 e. The molecule has 1 aromatic rings. The van der Waals surface area contributed by atoms with Gasteiger partial charge in [-0.15, -0.1) is 11.3 Å². The molecule has 2 heterocycles. The van der Waals surface area contributed by atoms with Crippen LogP contribution in [0.3, 0.4) is 0 Å². The standard InChI is InChI=1S/C13H18N2O4S/c1-3-19-10(16)9-8-20-11(14-9)13(2)4-6-15(7-5-13)12(17)18/h8H,3-7H2,1-2H3,(H,17,18). The van der Waals surface area contributed by atoms with Crippen molar-refractivity contribution in [2.75, 3.05) is 19.7 Å². The second-order valence-corrected chi connectivity index (χ2v) is 5.95. The Bertz CT molecular complexity index is 506. The molecule has 0 aliphatic carbocycles. The van der Waals surface area contributed by atoms with Gasteiger partial charge in [-0.1, -0.05) is 6.92 Å². The number of carbonyl (C=O) groups is 2. The van der Waals surface area contributed by atoms with Crippen LogP contribution in [0.15, 0.2) is 5.38 Å². The molecule has 0 bridgehead atoms. The number of carbonyl (C=O) groups excluding carboxylic acids is 1. The molecule has 2 rings (SSSR count). The highest BCUT2D eigenvalue weighted by molar-refractivity contribution is 7.10. The quantitative estimate of drug-likeness (QED) is 0.866.